The fraction of sp³-hybridized carbons (Fsp3) is 0.200. The van der Waals surface area contributed by atoms with E-state index in [4.69, 9.17) is 9.47 Å². The van der Waals surface area contributed by atoms with E-state index in [0.29, 0.717) is 26.1 Å². The molecule has 2 aliphatic heterocycles. The van der Waals surface area contributed by atoms with E-state index in [-0.39, 0.29) is 24.7 Å². The van der Waals surface area contributed by atoms with Crippen LogP contribution < -0.4 is 24.6 Å². The molecule has 3 heterocycles. The van der Waals surface area contributed by atoms with E-state index in [9.17, 15) is 32.3 Å². The van der Waals surface area contributed by atoms with Crippen LogP contribution in [0.2, 0.25) is 0 Å². The van der Waals surface area contributed by atoms with E-state index in [1.807, 2.05) is 36.4 Å². The Morgan fingerprint density at radius 3 is 2.47 bits per heavy atom. The number of para-hydroxylation sites is 1. The topological polar surface area (TPSA) is 118 Å². The number of amides is 3. The number of anilines is 2. The number of ether oxygens (including phenoxy) is 2. The molecular weight excluding hydrogens is 680 g/mol. The molecule has 1 saturated heterocycles. The first kappa shape index (κ1) is 32.5. The minimum absolute atomic E-state index is 0.219. The number of rotatable bonds is 8. The number of hydrogen-bond acceptors (Lipinski definition) is 8. The van der Waals surface area contributed by atoms with E-state index in [0.717, 1.165) is 46.0 Å². The van der Waals surface area contributed by atoms with Gasteiger partial charge in [0.1, 0.15) is 5.25 Å². The SMILES string of the molecule is CCOc1cc([C@H]2c3sc(=O)[nH]c3SC3C(=O)N(c4ccccc4C(F)(F)F)C(=O)C32)ccc1OCC(=O)Nc1cccc2ccccc12. The standard InChI is InChI=1S/C35H26F3N3O6S2/c1-2-46-25-16-19(14-15-24(25)47-17-26(42)39-22-12-7-9-18-8-3-4-10-20(18)22)27-28-30(48-31-29(27)49-34(45)40-31)33(44)41(32(28)43)23-13-6-5-11-21(23)35(36,37)38/h3-16,27-28,30H,2,17H2,1H3,(H,39,42)(H,40,45)/t27-,28?,30?/m1/s1. The molecule has 3 amide bonds. The van der Waals surface area contributed by atoms with Crippen molar-refractivity contribution in [3.63, 3.8) is 0 Å². The highest BCUT2D eigenvalue weighted by atomic mass is 32.2. The van der Waals surface area contributed by atoms with Crippen LogP contribution in [0.25, 0.3) is 10.8 Å². The summed E-state index contributed by atoms with van der Waals surface area (Å²) >= 11 is 1.83. The predicted molar refractivity (Wildman–Crippen MR) is 180 cm³/mol. The van der Waals surface area contributed by atoms with Crippen molar-refractivity contribution in [1.29, 1.82) is 0 Å². The summed E-state index contributed by atoms with van der Waals surface area (Å²) in [4.78, 5) is 56.6. The second kappa shape index (κ2) is 12.7. The maximum absolute atomic E-state index is 14.1. The number of imide groups is 1. The minimum atomic E-state index is -4.81. The van der Waals surface area contributed by atoms with Gasteiger partial charge in [-0.3, -0.25) is 19.2 Å². The summed E-state index contributed by atoms with van der Waals surface area (Å²) in [5.41, 5.74) is -0.545. The molecule has 49 heavy (non-hydrogen) atoms. The van der Waals surface area contributed by atoms with Crippen LogP contribution in [0.1, 0.15) is 28.8 Å². The number of thiazole rings is 1. The van der Waals surface area contributed by atoms with Crippen LogP contribution in [0.15, 0.2) is 94.7 Å². The molecule has 0 radical (unpaired) electrons. The fourth-order valence-corrected chi connectivity index (χ4v) is 8.81. The van der Waals surface area contributed by atoms with Crippen LogP contribution >= 0.6 is 23.1 Å². The second-order valence-corrected chi connectivity index (χ2v) is 13.4. The van der Waals surface area contributed by atoms with Crippen LogP contribution in [-0.2, 0) is 20.6 Å². The molecule has 2 aliphatic rings. The third-order valence-electron chi connectivity index (χ3n) is 8.32. The Morgan fingerprint density at radius 1 is 0.918 bits per heavy atom. The van der Waals surface area contributed by atoms with E-state index >= 15 is 0 Å². The average molecular weight is 706 g/mol. The van der Waals surface area contributed by atoms with Crippen molar-refractivity contribution in [2.24, 2.45) is 5.92 Å². The number of aromatic amines is 1. The maximum atomic E-state index is 14.1. The highest BCUT2D eigenvalue weighted by molar-refractivity contribution is 8.00. The zero-order chi connectivity index (χ0) is 34.4. The normalized spacial score (nSPS) is 18.7. The third kappa shape index (κ3) is 5.95. The molecule has 0 aliphatic carbocycles. The molecule has 4 aromatic carbocycles. The predicted octanol–water partition coefficient (Wildman–Crippen LogP) is 6.82. The molecule has 3 atom stereocenters. The molecule has 1 aromatic heterocycles. The Balaban J connectivity index is 1.20. The van der Waals surface area contributed by atoms with E-state index in [1.165, 1.54) is 12.1 Å². The number of hydrogen-bond donors (Lipinski definition) is 2. The quantitative estimate of drug-likeness (QED) is 0.170. The Hall–Kier alpha value is -5.08. The Kier molecular flexibility index (Phi) is 8.45. The smallest absolute Gasteiger partial charge is 0.418 e. The molecule has 0 saturated carbocycles. The summed E-state index contributed by atoms with van der Waals surface area (Å²) < 4.78 is 53.6. The summed E-state index contributed by atoms with van der Waals surface area (Å²) in [7, 11) is 0. The number of thioether (sulfide) groups is 1. The molecule has 9 nitrogen and oxygen atoms in total. The molecule has 5 aromatic rings. The van der Waals surface area contributed by atoms with Gasteiger partial charge in [0.2, 0.25) is 11.8 Å². The number of halogens is 3. The van der Waals surface area contributed by atoms with Crippen molar-refractivity contribution >= 4 is 63.0 Å². The summed E-state index contributed by atoms with van der Waals surface area (Å²) in [6.45, 7) is 1.62. The number of nitrogens with zero attached hydrogens (tertiary/aromatic N) is 1. The molecule has 2 unspecified atom stereocenters. The van der Waals surface area contributed by atoms with Crippen molar-refractivity contribution in [3.8, 4) is 11.5 Å². The number of H-pyrrole nitrogens is 1. The van der Waals surface area contributed by atoms with Gasteiger partial charge in [-0.15, -0.1) is 0 Å². The molecule has 14 heteroatoms. The number of carbonyl (C=O) groups is 3. The monoisotopic (exact) mass is 705 g/mol. The van der Waals surface area contributed by atoms with Gasteiger partial charge < -0.3 is 19.8 Å². The van der Waals surface area contributed by atoms with Gasteiger partial charge in [0.15, 0.2) is 18.1 Å². The first-order valence-electron chi connectivity index (χ1n) is 15.2. The van der Waals surface area contributed by atoms with Crippen molar-refractivity contribution in [2.45, 2.75) is 29.3 Å². The lowest BCUT2D eigenvalue weighted by Gasteiger charge is -2.30. The summed E-state index contributed by atoms with van der Waals surface area (Å²) in [6.07, 6.45) is -4.81. The second-order valence-electron chi connectivity index (χ2n) is 11.3. The van der Waals surface area contributed by atoms with Gasteiger partial charge in [-0.25, -0.2) is 4.90 Å². The van der Waals surface area contributed by atoms with Gasteiger partial charge in [0.05, 0.1) is 28.8 Å². The molecule has 0 bridgehead atoms. The highest BCUT2D eigenvalue weighted by Gasteiger charge is 2.57. The number of aromatic nitrogens is 1. The Morgan fingerprint density at radius 2 is 1.67 bits per heavy atom. The summed E-state index contributed by atoms with van der Waals surface area (Å²) in [5, 5.41) is 3.97. The molecule has 1 fully saturated rings. The zero-order valence-corrected chi connectivity index (χ0v) is 27.2. The molecule has 2 N–H and O–H groups in total. The molecule has 0 spiro atoms. The summed E-state index contributed by atoms with van der Waals surface area (Å²) in [5.74, 6) is -3.53. The van der Waals surface area contributed by atoms with Gasteiger partial charge in [-0.2, -0.15) is 13.2 Å². The van der Waals surface area contributed by atoms with Gasteiger partial charge >= 0.3 is 11.0 Å². The number of fused-ring (bicyclic) bond motifs is 3. The summed E-state index contributed by atoms with van der Waals surface area (Å²) in [6, 6.07) is 22.4. The van der Waals surface area contributed by atoms with Gasteiger partial charge in [-0.1, -0.05) is 77.7 Å². The van der Waals surface area contributed by atoms with Crippen LogP contribution in [0.3, 0.4) is 0 Å². The number of nitrogens with one attached hydrogen (secondary N) is 2. The number of alkyl halides is 3. The number of benzene rings is 4. The lowest BCUT2D eigenvalue weighted by Crippen LogP contribution is -2.33. The van der Waals surface area contributed by atoms with E-state index < -0.39 is 57.1 Å². The van der Waals surface area contributed by atoms with Gasteiger partial charge in [0, 0.05) is 21.9 Å². The van der Waals surface area contributed by atoms with Crippen molar-refractivity contribution in [1.82, 2.24) is 4.98 Å². The van der Waals surface area contributed by atoms with Crippen LogP contribution in [0.4, 0.5) is 24.5 Å². The number of carbonyl (C=O) groups excluding carboxylic acids is 3. The first-order chi connectivity index (χ1) is 23.5. The van der Waals surface area contributed by atoms with E-state index in [1.54, 1.807) is 31.2 Å². The van der Waals surface area contributed by atoms with Gasteiger partial charge in [0.25, 0.3) is 5.91 Å². The lowest BCUT2D eigenvalue weighted by molar-refractivity contribution is -0.137. The van der Waals surface area contributed by atoms with E-state index in [2.05, 4.69) is 10.3 Å². The minimum Gasteiger partial charge on any atom is -0.490 e. The van der Waals surface area contributed by atoms with Crippen LogP contribution in [0, 0.1) is 5.92 Å². The van der Waals surface area contributed by atoms with Crippen molar-refractivity contribution < 1.29 is 37.0 Å². The van der Waals surface area contributed by atoms with Crippen molar-refractivity contribution in [3.05, 3.63) is 111 Å². The average Bonchev–Trinajstić information content (AvgIpc) is 3.57. The third-order valence-corrected chi connectivity index (χ3v) is 10.7. The van der Waals surface area contributed by atoms with Crippen LogP contribution in [0.5, 0.6) is 11.5 Å². The lowest BCUT2D eigenvalue weighted by atomic mass is 9.83. The van der Waals surface area contributed by atoms with Gasteiger partial charge in [-0.05, 0) is 48.2 Å². The maximum Gasteiger partial charge on any atom is 0.418 e. The zero-order valence-electron chi connectivity index (χ0n) is 25.6. The molecule has 7 rings (SSSR count). The molecular formula is C35H26F3N3O6S2. The largest absolute Gasteiger partial charge is 0.490 e. The Labute approximate surface area is 285 Å². The first-order valence-corrected chi connectivity index (χ1v) is 16.9. The fourth-order valence-electron chi connectivity index (χ4n) is 6.29. The molecule has 250 valence electrons. The van der Waals surface area contributed by atoms with Crippen LogP contribution in [-0.4, -0.2) is 41.2 Å². The highest BCUT2D eigenvalue weighted by Crippen LogP contribution is 2.54. The Bertz CT molecular complexity index is 2180. The van der Waals surface area contributed by atoms with Crippen molar-refractivity contribution in [2.75, 3.05) is 23.4 Å².